The zero-order valence-electron chi connectivity index (χ0n) is 13.2. The van der Waals surface area contributed by atoms with Crippen LogP contribution in [0.2, 0.25) is 0 Å². The van der Waals surface area contributed by atoms with Crippen molar-refractivity contribution in [1.29, 1.82) is 0 Å². The lowest BCUT2D eigenvalue weighted by Gasteiger charge is -2.15. The second-order valence-corrected chi connectivity index (χ2v) is 5.22. The maximum atomic E-state index is 12.1. The van der Waals surface area contributed by atoms with Crippen molar-refractivity contribution in [2.45, 2.75) is 26.2 Å². The fourth-order valence-electron chi connectivity index (χ4n) is 1.90. The number of carbonyl (C=O) groups is 2. The number of nitrogens with two attached hydrogens (primary N) is 1. The minimum absolute atomic E-state index is 0.0177. The van der Waals surface area contributed by atoms with E-state index in [1.807, 2.05) is 11.8 Å². The highest BCUT2D eigenvalue weighted by Gasteiger charge is 2.11. The number of hydrogen-bond donors (Lipinski definition) is 2. The summed E-state index contributed by atoms with van der Waals surface area (Å²) >= 11 is 0. The van der Waals surface area contributed by atoms with Crippen molar-refractivity contribution < 1.29 is 19.4 Å². The van der Waals surface area contributed by atoms with Crippen molar-refractivity contribution >= 4 is 17.4 Å². The van der Waals surface area contributed by atoms with Gasteiger partial charge < -0.3 is 20.5 Å². The van der Waals surface area contributed by atoms with Crippen molar-refractivity contribution in [2.75, 3.05) is 32.5 Å². The highest BCUT2D eigenvalue weighted by Crippen LogP contribution is 2.23. The van der Waals surface area contributed by atoms with Crippen LogP contribution < -0.4 is 10.5 Å². The van der Waals surface area contributed by atoms with Gasteiger partial charge in [-0.05, 0) is 31.7 Å². The summed E-state index contributed by atoms with van der Waals surface area (Å²) < 4.78 is 5.47. The van der Waals surface area contributed by atoms with E-state index in [4.69, 9.17) is 15.6 Å². The van der Waals surface area contributed by atoms with Crippen LogP contribution in [0, 0.1) is 0 Å². The lowest BCUT2D eigenvalue weighted by molar-refractivity contribution is -0.137. The van der Waals surface area contributed by atoms with Crippen LogP contribution in [-0.4, -0.2) is 48.5 Å². The Labute approximate surface area is 130 Å². The van der Waals surface area contributed by atoms with Crippen molar-refractivity contribution in [3.63, 3.8) is 0 Å². The molecule has 0 unspecified atom stereocenters. The number of rotatable bonds is 10. The molecule has 6 nitrogen and oxygen atoms in total. The number of nitrogens with zero attached hydrogens (tertiary/aromatic N) is 1. The number of ether oxygens (including phenoxy) is 1. The summed E-state index contributed by atoms with van der Waals surface area (Å²) in [6.45, 7) is 3.54. The summed E-state index contributed by atoms with van der Waals surface area (Å²) in [6.07, 6.45) is 1.29. The minimum atomic E-state index is -0.839. The third-order valence-corrected chi connectivity index (χ3v) is 3.22. The molecule has 0 aliphatic rings. The van der Waals surface area contributed by atoms with Gasteiger partial charge in [-0.25, -0.2) is 0 Å². The molecule has 1 rings (SSSR count). The van der Waals surface area contributed by atoms with Gasteiger partial charge in [0, 0.05) is 25.1 Å². The van der Waals surface area contributed by atoms with Gasteiger partial charge >= 0.3 is 5.97 Å². The van der Waals surface area contributed by atoms with Crippen molar-refractivity contribution in [3.8, 4) is 5.75 Å². The van der Waals surface area contributed by atoms with Crippen LogP contribution in [0.5, 0.6) is 5.75 Å². The smallest absolute Gasteiger partial charge is 0.304 e. The topological polar surface area (TPSA) is 92.9 Å². The molecule has 3 N–H and O–H groups in total. The number of Topliss-reactive ketones (excluding diaryl/α,β-unsaturated/α-hetero) is 1. The number of carboxylic acid groups (broad SMARTS) is 1. The molecule has 1 aromatic rings. The number of hydrogen-bond acceptors (Lipinski definition) is 5. The molecule has 0 aliphatic carbocycles. The number of benzene rings is 1. The van der Waals surface area contributed by atoms with E-state index in [9.17, 15) is 9.59 Å². The highest BCUT2D eigenvalue weighted by molar-refractivity contribution is 5.97. The summed E-state index contributed by atoms with van der Waals surface area (Å²) in [4.78, 5) is 24.4. The Morgan fingerprint density at radius 2 is 1.95 bits per heavy atom. The zero-order valence-corrected chi connectivity index (χ0v) is 13.2. The first-order chi connectivity index (χ1) is 10.4. The van der Waals surface area contributed by atoms with E-state index in [2.05, 4.69) is 0 Å². The fourth-order valence-corrected chi connectivity index (χ4v) is 1.90. The van der Waals surface area contributed by atoms with E-state index in [1.54, 1.807) is 25.2 Å². The molecule has 0 radical (unpaired) electrons. The number of aliphatic carboxylic acids is 1. The summed E-state index contributed by atoms with van der Waals surface area (Å²) in [5, 5.41) is 8.62. The Hall–Kier alpha value is -2.08. The Kier molecular flexibility index (Phi) is 7.39. The maximum Gasteiger partial charge on any atom is 0.304 e. The number of nitrogen functional groups attached to an aromatic ring is 1. The van der Waals surface area contributed by atoms with Crippen LogP contribution in [0.1, 0.15) is 36.5 Å². The third kappa shape index (κ3) is 6.13. The average molecular weight is 308 g/mol. The molecular weight excluding hydrogens is 284 g/mol. The minimum Gasteiger partial charge on any atom is -0.491 e. The van der Waals surface area contributed by atoms with E-state index < -0.39 is 5.97 Å². The Bertz CT molecular complexity index is 517. The first-order valence-corrected chi connectivity index (χ1v) is 7.40. The molecule has 6 heteroatoms. The first-order valence-electron chi connectivity index (χ1n) is 7.40. The first kappa shape index (κ1) is 18.0. The monoisotopic (exact) mass is 308 g/mol. The van der Waals surface area contributed by atoms with E-state index in [0.717, 1.165) is 6.42 Å². The van der Waals surface area contributed by atoms with Gasteiger partial charge in [0.2, 0.25) is 0 Å². The lowest BCUT2D eigenvalue weighted by atomic mass is 10.1. The van der Waals surface area contributed by atoms with Crippen LogP contribution >= 0.6 is 0 Å². The SMILES string of the molecule is CCCOc1ccc(C(=O)CCN(C)CCC(=O)O)cc1N. The van der Waals surface area contributed by atoms with E-state index in [-0.39, 0.29) is 12.2 Å². The summed E-state index contributed by atoms with van der Waals surface area (Å²) in [5.74, 6) is -0.262. The van der Waals surface area contributed by atoms with Gasteiger partial charge in [0.1, 0.15) is 5.75 Å². The van der Waals surface area contributed by atoms with Crippen LogP contribution in [0.15, 0.2) is 18.2 Å². The predicted octanol–water partition coefficient (Wildman–Crippen LogP) is 2.04. The van der Waals surface area contributed by atoms with Gasteiger partial charge in [-0.2, -0.15) is 0 Å². The van der Waals surface area contributed by atoms with Crippen molar-refractivity contribution in [2.24, 2.45) is 0 Å². The van der Waals surface area contributed by atoms with Crippen LogP contribution in [0.4, 0.5) is 5.69 Å². The molecule has 0 atom stereocenters. The van der Waals surface area contributed by atoms with Crippen molar-refractivity contribution in [3.05, 3.63) is 23.8 Å². The van der Waals surface area contributed by atoms with Crippen molar-refractivity contribution in [1.82, 2.24) is 4.90 Å². The quantitative estimate of drug-likeness (QED) is 0.507. The van der Waals surface area contributed by atoms with E-state index >= 15 is 0 Å². The highest BCUT2D eigenvalue weighted by atomic mass is 16.5. The third-order valence-electron chi connectivity index (χ3n) is 3.22. The molecule has 1 aromatic carbocycles. The molecule has 0 fully saturated rings. The standard InChI is InChI=1S/C16H24N2O4/c1-3-10-22-15-5-4-12(11-13(15)17)14(19)6-8-18(2)9-7-16(20)21/h4-5,11H,3,6-10,17H2,1-2H3,(H,20,21). The van der Waals surface area contributed by atoms with Crippen LogP contribution in [0.25, 0.3) is 0 Å². The number of anilines is 1. The summed E-state index contributed by atoms with van der Waals surface area (Å²) in [6, 6.07) is 5.05. The van der Waals surface area contributed by atoms with Gasteiger partial charge in [0.25, 0.3) is 0 Å². The Balaban J connectivity index is 2.51. The number of carbonyl (C=O) groups excluding carboxylic acids is 1. The molecule has 0 aromatic heterocycles. The molecule has 0 bridgehead atoms. The molecule has 0 heterocycles. The Morgan fingerprint density at radius 3 is 2.55 bits per heavy atom. The van der Waals surface area contributed by atoms with Gasteiger partial charge in [-0.1, -0.05) is 6.92 Å². The van der Waals surface area contributed by atoms with Gasteiger partial charge in [-0.3, -0.25) is 9.59 Å². The largest absolute Gasteiger partial charge is 0.491 e. The Morgan fingerprint density at radius 1 is 1.27 bits per heavy atom. The average Bonchev–Trinajstić information content (AvgIpc) is 2.49. The zero-order chi connectivity index (χ0) is 16.5. The molecule has 0 spiro atoms. The molecule has 22 heavy (non-hydrogen) atoms. The molecule has 0 amide bonds. The lowest BCUT2D eigenvalue weighted by Crippen LogP contribution is -2.24. The van der Waals surface area contributed by atoms with Gasteiger partial charge in [-0.15, -0.1) is 0 Å². The van der Waals surface area contributed by atoms with E-state index in [1.165, 1.54) is 0 Å². The number of ketones is 1. The molecule has 0 saturated carbocycles. The summed E-state index contributed by atoms with van der Waals surface area (Å²) in [5.41, 5.74) is 6.89. The second-order valence-electron chi connectivity index (χ2n) is 5.22. The normalized spacial score (nSPS) is 10.7. The molecular formula is C16H24N2O4. The fraction of sp³-hybridized carbons (Fsp3) is 0.500. The van der Waals surface area contributed by atoms with E-state index in [0.29, 0.717) is 43.1 Å². The van der Waals surface area contributed by atoms with Gasteiger partial charge in [0.15, 0.2) is 5.78 Å². The molecule has 0 aliphatic heterocycles. The molecule has 122 valence electrons. The second kappa shape index (κ2) is 9.04. The predicted molar refractivity (Wildman–Crippen MR) is 85.3 cm³/mol. The summed E-state index contributed by atoms with van der Waals surface area (Å²) in [7, 11) is 1.80. The maximum absolute atomic E-state index is 12.1. The molecule has 0 saturated heterocycles. The van der Waals surface area contributed by atoms with Crippen LogP contribution in [0.3, 0.4) is 0 Å². The van der Waals surface area contributed by atoms with Gasteiger partial charge in [0.05, 0.1) is 18.7 Å². The van der Waals surface area contributed by atoms with Crippen LogP contribution in [-0.2, 0) is 4.79 Å². The number of carboxylic acids is 1.